The quantitative estimate of drug-likeness (QED) is 0.634. The SMILES string of the molecule is CCC1(C)OCC(=O)[C@@]2(O1)[C@H](C)CC1C3C[C@H](F)C4=CC(=O)C=C[C@]4(C)[C@@]3(F)[C@@H](O)C[C@@]12C. The number of halogens is 2. The number of ether oxygens (including phenoxy) is 2. The predicted molar refractivity (Wildman–Crippen MR) is 117 cm³/mol. The van der Waals surface area contributed by atoms with Gasteiger partial charge in [0.2, 0.25) is 0 Å². The molecule has 4 fully saturated rings. The van der Waals surface area contributed by atoms with E-state index in [0.29, 0.717) is 12.8 Å². The standard InChI is InChI=1S/C26H34F2O5/c1-6-24(5)32-13-21(31)26(33-24)14(2)9-16-17-11-19(27)18-10-15(29)7-8-22(18,3)25(17,28)20(30)12-23(16,26)4/h7-8,10,14,16-17,19-20,30H,6,9,11-13H2,1-5H3/t14-,16?,17?,19+,20+,22+,23+,24?,25+,26+/m1/s1. The third-order valence-electron chi connectivity index (χ3n) is 10.1. The lowest BCUT2D eigenvalue weighted by Gasteiger charge is -2.64. The molecule has 1 N–H and O–H groups in total. The highest BCUT2D eigenvalue weighted by Crippen LogP contribution is 2.72. The van der Waals surface area contributed by atoms with Crippen LogP contribution in [0.5, 0.6) is 0 Å². The number of fused-ring (bicyclic) bond motifs is 6. The van der Waals surface area contributed by atoms with Crippen molar-refractivity contribution in [2.75, 3.05) is 6.61 Å². The van der Waals surface area contributed by atoms with E-state index in [1.165, 1.54) is 18.2 Å². The molecule has 182 valence electrons. The Morgan fingerprint density at radius 3 is 2.55 bits per heavy atom. The Balaban J connectivity index is 1.65. The van der Waals surface area contributed by atoms with Crippen LogP contribution in [-0.4, -0.2) is 52.6 Å². The fraction of sp³-hybridized carbons (Fsp3) is 0.769. The molecule has 3 unspecified atom stereocenters. The van der Waals surface area contributed by atoms with Crippen molar-refractivity contribution >= 4 is 11.6 Å². The van der Waals surface area contributed by atoms with Gasteiger partial charge in [-0.2, -0.15) is 0 Å². The number of ketones is 2. The first kappa shape index (κ1) is 23.3. The van der Waals surface area contributed by atoms with E-state index in [9.17, 15) is 14.7 Å². The van der Waals surface area contributed by atoms with Crippen molar-refractivity contribution in [1.29, 1.82) is 0 Å². The van der Waals surface area contributed by atoms with Crippen LogP contribution in [0, 0.1) is 28.6 Å². The maximum Gasteiger partial charge on any atom is 0.191 e. The first-order chi connectivity index (χ1) is 15.3. The summed E-state index contributed by atoms with van der Waals surface area (Å²) >= 11 is 0. The summed E-state index contributed by atoms with van der Waals surface area (Å²) in [6.45, 7) is 9.07. The third-order valence-corrected chi connectivity index (χ3v) is 10.1. The molecule has 10 atom stereocenters. The van der Waals surface area contributed by atoms with Gasteiger partial charge >= 0.3 is 0 Å². The van der Waals surface area contributed by atoms with Crippen molar-refractivity contribution in [3.63, 3.8) is 0 Å². The minimum absolute atomic E-state index is 0.0160. The minimum atomic E-state index is -2.16. The van der Waals surface area contributed by atoms with Crippen molar-refractivity contribution < 1.29 is 33.0 Å². The maximum absolute atomic E-state index is 17.3. The first-order valence-electron chi connectivity index (χ1n) is 12.1. The molecule has 5 aliphatic rings. The number of allylic oxidation sites excluding steroid dienone is 4. The maximum atomic E-state index is 17.3. The van der Waals surface area contributed by atoms with Crippen LogP contribution >= 0.6 is 0 Å². The minimum Gasteiger partial charge on any atom is -0.390 e. The Kier molecular flexibility index (Phi) is 4.82. The fourth-order valence-corrected chi connectivity index (χ4v) is 8.26. The second-order valence-corrected chi connectivity index (χ2v) is 11.5. The number of aliphatic hydroxyl groups is 1. The number of aliphatic hydroxyl groups excluding tert-OH is 1. The van der Waals surface area contributed by atoms with Gasteiger partial charge < -0.3 is 14.6 Å². The van der Waals surface area contributed by atoms with Crippen LogP contribution in [0.25, 0.3) is 0 Å². The Labute approximate surface area is 193 Å². The Hall–Kier alpha value is -1.44. The van der Waals surface area contributed by atoms with Crippen molar-refractivity contribution in [2.45, 2.75) is 89.6 Å². The van der Waals surface area contributed by atoms with Crippen molar-refractivity contribution in [2.24, 2.45) is 28.6 Å². The highest BCUT2D eigenvalue weighted by Gasteiger charge is 2.78. The van der Waals surface area contributed by atoms with Crippen LogP contribution in [0.1, 0.15) is 60.3 Å². The molecule has 0 aromatic heterocycles. The topological polar surface area (TPSA) is 72.8 Å². The molecule has 0 aromatic carbocycles. The molecule has 33 heavy (non-hydrogen) atoms. The molecule has 3 saturated carbocycles. The van der Waals surface area contributed by atoms with Crippen LogP contribution < -0.4 is 0 Å². The average Bonchev–Trinajstić information content (AvgIpc) is 2.96. The largest absolute Gasteiger partial charge is 0.390 e. The summed E-state index contributed by atoms with van der Waals surface area (Å²) in [7, 11) is 0. The van der Waals surface area contributed by atoms with Gasteiger partial charge in [-0.25, -0.2) is 8.78 Å². The van der Waals surface area contributed by atoms with Crippen LogP contribution in [0.4, 0.5) is 8.78 Å². The van der Waals surface area contributed by atoms with E-state index >= 15 is 8.78 Å². The zero-order valence-electron chi connectivity index (χ0n) is 20.0. The summed E-state index contributed by atoms with van der Waals surface area (Å²) in [5.74, 6) is -2.95. The molecule has 4 aliphatic carbocycles. The zero-order valence-corrected chi connectivity index (χ0v) is 20.0. The second-order valence-electron chi connectivity index (χ2n) is 11.5. The molecule has 1 aliphatic heterocycles. The highest BCUT2D eigenvalue weighted by molar-refractivity contribution is 6.01. The number of Topliss-reactive ketones (excluding diaryl/α,β-unsaturated/α-hetero) is 1. The average molecular weight is 465 g/mol. The van der Waals surface area contributed by atoms with Crippen molar-refractivity contribution in [3.8, 4) is 0 Å². The molecule has 1 spiro atoms. The first-order valence-corrected chi connectivity index (χ1v) is 12.1. The number of carbonyl (C=O) groups excluding carboxylic acids is 2. The summed E-state index contributed by atoms with van der Waals surface area (Å²) in [5, 5.41) is 11.5. The van der Waals surface area contributed by atoms with Crippen LogP contribution in [-0.2, 0) is 19.1 Å². The van der Waals surface area contributed by atoms with Crippen LogP contribution in [0.2, 0.25) is 0 Å². The predicted octanol–water partition coefficient (Wildman–Crippen LogP) is 4.03. The summed E-state index contributed by atoms with van der Waals surface area (Å²) in [6.07, 6.45) is 1.88. The number of hydrogen-bond acceptors (Lipinski definition) is 5. The lowest BCUT2D eigenvalue weighted by atomic mass is 9.44. The van der Waals surface area contributed by atoms with E-state index in [1.807, 2.05) is 27.7 Å². The number of rotatable bonds is 1. The van der Waals surface area contributed by atoms with Crippen molar-refractivity contribution in [1.82, 2.24) is 0 Å². The molecule has 1 heterocycles. The molecule has 0 aromatic rings. The Morgan fingerprint density at radius 2 is 1.88 bits per heavy atom. The number of alkyl halides is 2. The molecule has 0 amide bonds. The van der Waals surface area contributed by atoms with Gasteiger partial charge in [0, 0.05) is 16.7 Å². The van der Waals surface area contributed by atoms with E-state index in [-0.39, 0.29) is 48.4 Å². The molecular formula is C26H34F2O5. The van der Waals surface area contributed by atoms with Gasteiger partial charge in [0.25, 0.3) is 0 Å². The van der Waals surface area contributed by atoms with E-state index in [0.717, 1.165) is 0 Å². The van der Waals surface area contributed by atoms with Gasteiger partial charge in [-0.05, 0) is 69.1 Å². The van der Waals surface area contributed by atoms with Gasteiger partial charge in [-0.3, -0.25) is 9.59 Å². The monoisotopic (exact) mass is 464 g/mol. The molecule has 5 rings (SSSR count). The Bertz CT molecular complexity index is 978. The van der Waals surface area contributed by atoms with E-state index in [4.69, 9.17) is 9.47 Å². The zero-order chi connectivity index (χ0) is 24.2. The molecule has 7 heteroatoms. The lowest BCUT2D eigenvalue weighted by molar-refractivity contribution is -0.334. The summed E-state index contributed by atoms with van der Waals surface area (Å²) in [6, 6.07) is 0. The van der Waals surface area contributed by atoms with Gasteiger partial charge in [0.05, 0.1) is 6.10 Å². The summed E-state index contributed by atoms with van der Waals surface area (Å²) in [5.41, 5.74) is -5.59. The number of carbonyl (C=O) groups is 2. The lowest BCUT2D eigenvalue weighted by Crippen LogP contribution is -2.72. The van der Waals surface area contributed by atoms with E-state index < -0.39 is 46.1 Å². The van der Waals surface area contributed by atoms with Gasteiger partial charge in [0.15, 0.2) is 23.0 Å². The highest BCUT2D eigenvalue weighted by atomic mass is 19.1. The normalized spacial score (nSPS) is 55.8. The van der Waals surface area contributed by atoms with Gasteiger partial charge in [0.1, 0.15) is 18.4 Å². The van der Waals surface area contributed by atoms with Gasteiger partial charge in [-0.1, -0.05) is 26.8 Å². The van der Waals surface area contributed by atoms with Crippen LogP contribution in [0.3, 0.4) is 0 Å². The number of hydrogen-bond donors (Lipinski definition) is 1. The van der Waals surface area contributed by atoms with Crippen molar-refractivity contribution in [3.05, 3.63) is 23.8 Å². The summed E-state index contributed by atoms with van der Waals surface area (Å²) in [4.78, 5) is 25.4. The van der Waals surface area contributed by atoms with E-state index in [1.54, 1.807) is 6.92 Å². The van der Waals surface area contributed by atoms with Gasteiger partial charge in [-0.15, -0.1) is 0 Å². The summed E-state index contributed by atoms with van der Waals surface area (Å²) < 4.78 is 45.1. The molecular weight excluding hydrogens is 430 g/mol. The van der Waals surface area contributed by atoms with E-state index in [2.05, 4.69) is 0 Å². The molecule has 0 bridgehead atoms. The Morgan fingerprint density at radius 1 is 1.18 bits per heavy atom. The molecule has 0 radical (unpaired) electrons. The fourth-order valence-electron chi connectivity index (χ4n) is 8.26. The second kappa shape index (κ2) is 6.82. The molecule has 5 nitrogen and oxygen atoms in total. The smallest absolute Gasteiger partial charge is 0.191 e. The van der Waals surface area contributed by atoms with Crippen LogP contribution in [0.15, 0.2) is 23.8 Å². The molecule has 1 saturated heterocycles. The third kappa shape index (κ3) is 2.57.